The molecule has 0 radical (unpaired) electrons. The van der Waals surface area contributed by atoms with Crippen LogP contribution in [-0.4, -0.2) is 42.0 Å². The van der Waals surface area contributed by atoms with Crippen LogP contribution in [0.15, 0.2) is 57.8 Å². The molecule has 0 aliphatic rings. The van der Waals surface area contributed by atoms with Crippen LogP contribution in [0.2, 0.25) is 0 Å². The quantitative estimate of drug-likeness (QED) is 0.228. The summed E-state index contributed by atoms with van der Waals surface area (Å²) in [5.41, 5.74) is 1.38. The molecule has 0 fully saturated rings. The molecule has 0 aliphatic heterocycles. The Labute approximate surface area is 207 Å². The SMILES string of the molecule is C#CCCCC(=O)N(C)CCCn1c(C(=O)OC)c(-c2ccccc2)c2cc(Br)ccc2c1=O. The van der Waals surface area contributed by atoms with Crippen LogP contribution in [0.5, 0.6) is 0 Å². The van der Waals surface area contributed by atoms with Crippen LogP contribution in [-0.2, 0) is 16.1 Å². The summed E-state index contributed by atoms with van der Waals surface area (Å²) in [5.74, 6) is 1.95. The third-order valence-electron chi connectivity index (χ3n) is 5.69. The molecular weight excluding hydrogens is 496 g/mol. The lowest BCUT2D eigenvalue weighted by Crippen LogP contribution is -2.31. The van der Waals surface area contributed by atoms with E-state index in [1.165, 1.54) is 11.7 Å². The number of halogens is 1. The number of amides is 1. The number of hydrogen-bond acceptors (Lipinski definition) is 4. The van der Waals surface area contributed by atoms with E-state index >= 15 is 0 Å². The molecule has 1 aromatic heterocycles. The summed E-state index contributed by atoms with van der Waals surface area (Å²) in [6.07, 6.45) is 7.35. The molecule has 0 saturated heterocycles. The number of pyridine rings is 1. The van der Waals surface area contributed by atoms with E-state index in [4.69, 9.17) is 11.2 Å². The number of terminal acetylenes is 1. The molecule has 176 valence electrons. The zero-order valence-corrected chi connectivity index (χ0v) is 20.9. The van der Waals surface area contributed by atoms with E-state index in [-0.39, 0.29) is 23.7 Å². The zero-order chi connectivity index (χ0) is 24.7. The summed E-state index contributed by atoms with van der Waals surface area (Å²) in [4.78, 5) is 40.4. The van der Waals surface area contributed by atoms with Gasteiger partial charge < -0.3 is 14.2 Å². The number of esters is 1. The summed E-state index contributed by atoms with van der Waals surface area (Å²) >= 11 is 3.48. The van der Waals surface area contributed by atoms with E-state index in [2.05, 4.69) is 21.9 Å². The number of ether oxygens (including phenoxy) is 1. The van der Waals surface area contributed by atoms with Crippen molar-refractivity contribution >= 4 is 38.6 Å². The van der Waals surface area contributed by atoms with Crippen LogP contribution in [0.3, 0.4) is 0 Å². The number of aromatic nitrogens is 1. The second-order valence-corrected chi connectivity index (χ2v) is 8.87. The highest BCUT2D eigenvalue weighted by Gasteiger charge is 2.24. The highest BCUT2D eigenvalue weighted by atomic mass is 79.9. The van der Waals surface area contributed by atoms with Gasteiger partial charge in [0.05, 0.1) is 7.11 Å². The Kier molecular flexibility index (Phi) is 8.67. The third kappa shape index (κ3) is 5.57. The van der Waals surface area contributed by atoms with Gasteiger partial charge in [0.1, 0.15) is 5.69 Å². The standard InChI is InChI=1S/C27H27BrN2O4/c1-4-5-7-13-23(31)29(2)16-10-17-30-25(27(33)34-3)24(19-11-8-6-9-12-19)22-18-20(28)14-15-21(22)26(30)32/h1,6,8-9,11-12,14-15,18H,5,7,10,13,16-17H2,2-3H3. The van der Waals surface area contributed by atoms with E-state index < -0.39 is 5.97 Å². The lowest BCUT2D eigenvalue weighted by atomic mass is 9.96. The third-order valence-corrected chi connectivity index (χ3v) is 6.18. The summed E-state index contributed by atoms with van der Waals surface area (Å²) in [7, 11) is 3.04. The molecule has 0 unspecified atom stereocenters. The first-order valence-corrected chi connectivity index (χ1v) is 11.9. The number of methoxy groups -OCH3 is 1. The predicted octanol–water partition coefficient (Wildman–Crippen LogP) is 4.87. The molecule has 2 aromatic carbocycles. The molecule has 3 rings (SSSR count). The molecule has 0 atom stereocenters. The number of nitrogens with zero attached hydrogens (tertiary/aromatic N) is 2. The number of carbonyl (C=O) groups excluding carboxylic acids is 2. The van der Waals surface area contributed by atoms with E-state index in [0.717, 1.165) is 10.0 Å². The number of fused-ring (bicyclic) bond motifs is 1. The van der Waals surface area contributed by atoms with Crippen molar-refractivity contribution in [2.24, 2.45) is 0 Å². The zero-order valence-electron chi connectivity index (χ0n) is 19.3. The maximum Gasteiger partial charge on any atom is 0.355 e. The van der Waals surface area contributed by atoms with Gasteiger partial charge in [0.25, 0.3) is 5.56 Å². The van der Waals surface area contributed by atoms with Crippen LogP contribution >= 0.6 is 15.9 Å². The molecule has 1 amide bonds. The molecule has 0 spiro atoms. The van der Waals surface area contributed by atoms with Gasteiger partial charge in [0.15, 0.2) is 0 Å². The number of hydrogen-bond donors (Lipinski definition) is 0. The second-order valence-electron chi connectivity index (χ2n) is 7.95. The van der Waals surface area contributed by atoms with E-state index in [1.54, 1.807) is 18.0 Å². The van der Waals surface area contributed by atoms with Gasteiger partial charge in [-0.1, -0.05) is 46.3 Å². The van der Waals surface area contributed by atoms with Crippen LogP contribution in [0.4, 0.5) is 0 Å². The van der Waals surface area contributed by atoms with Gasteiger partial charge in [0.2, 0.25) is 5.91 Å². The molecule has 6 nitrogen and oxygen atoms in total. The Balaban J connectivity index is 2.04. The first kappa shape index (κ1) is 25.3. The molecule has 0 saturated carbocycles. The summed E-state index contributed by atoms with van der Waals surface area (Å²) in [6.45, 7) is 0.706. The maximum atomic E-state index is 13.5. The van der Waals surface area contributed by atoms with Crippen molar-refractivity contribution in [2.45, 2.75) is 32.2 Å². The monoisotopic (exact) mass is 522 g/mol. The van der Waals surface area contributed by atoms with Crippen molar-refractivity contribution in [3.8, 4) is 23.5 Å². The average molecular weight is 523 g/mol. The minimum Gasteiger partial charge on any atom is -0.464 e. The van der Waals surface area contributed by atoms with E-state index in [1.807, 2.05) is 42.5 Å². The Morgan fingerprint density at radius 1 is 1.12 bits per heavy atom. The Hall–Kier alpha value is -3.37. The fourth-order valence-corrected chi connectivity index (χ4v) is 4.32. The van der Waals surface area contributed by atoms with Crippen molar-refractivity contribution in [1.29, 1.82) is 0 Å². The topological polar surface area (TPSA) is 68.6 Å². The van der Waals surface area contributed by atoms with Gasteiger partial charge in [-0.15, -0.1) is 12.3 Å². The minimum atomic E-state index is -0.587. The van der Waals surface area contributed by atoms with Crippen molar-refractivity contribution in [3.63, 3.8) is 0 Å². The largest absolute Gasteiger partial charge is 0.464 e. The number of rotatable bonds is 9. The number of benzene rings is 2. The molecule has 1 heterocycles. The fourth-order valence-electron chi connectivity index (χ4n) is 3.96. The normalized spacial score (nSPS) is 10.6. The van der Waals surface area contributed by atoms with E-state index in [0.29, 0.717) is 48.6 Å². The molecule has 3 aromatic rings. The highest BCUT2D eigenvalue weighted by molar-refractivity contribution is 9.10. The van der Waals surface area contributed by atoms with Gasteiger partial charge in [-0.25, -0.2) is 4.79 Å². The van der Waals surface area contributed by atoms with Gasteiger partial charge in [-0.3, -0.25) is 9.59 Å². The van der Waals surface area contributed by atoms with E-state index in [9.17, 15) is 14.4 Å². The molecular formula is C27H27BrN2O4. The number of carbonyl (C=O) groups is 2. The Morgan fingerprint density at radius 2 is 1.85 bits per heavy atom. The lowest BCUT2D eigenvalue weighted by Gasteiger charge is -2.21. The highest BCUT2D eigenvalue weighted by Crippen LogP contribution is 2.33. The summed E-state index contributed by atoms with van der Waals surface area (Å²) in [6, 6.07) is 14.9. The van der Waals surface area contributed by atoms with Crippen molar-refractivity contribution < 1.29 is 14.3 Å². The minimum absolute atomic E-state index is 0.00382. The summed E-state index contributed by atoms with van der Waals surface area (Å²) in [5, 5.41) is 1.18. The first-order chi connectivity index (χ1) is 16.4. The molecule has 34 heavy (non-hydrogen) atoms. The molecule has 7 heteroatoms. The smallest absolute Gasteiger partial charge is 0.355 e. The average Bonchev–Trinajstić information content (AvgIpc) is 2.84. The maximum absolute atomic E-state index is 13.5. The van der Waals surface area contributed by atoms with Crippen LogP contribution in [0, 0.1) is 12.3 Å². The Bertz CT molecular complexity index is 1290. The Morgan fingerprint density at radius 3 is 2.53 bits per heavy atom. The van der Waals surface area contributed by atoms with Crippen LogP contribution < -0.4 is 5.56 Å². The first-order valence-electron chi connectivity index (χ1n) is 11.1. The van der Waals surface area contributed by atoms with Crippen molar-refractivity contribution in [2.75, 3.05) is 20.7 Å². The second kappa shape index (κ2) is 11.7. The molecule has 0 N–H and O–H groups in total. The number of unbranched alkanes of at least 4 members (excludes halogenated alkanes) is 1. The molecule has 0 aliphatic carbocycles. The molecule has 0 bridgehead atoms. The predicted molar refractivity (Wildman–Crippen MR) is 138 cm³/mol. The van der Waals surface area contributed by atoms with Gasteiger partial charge in [0, 0.05) is 48.4 Å². The van der Waals surface area contributed by atoms with Gasteiger partial charge in [-0.05, 0) is 42.0 Å². The van der Waals surface area contributed by atoms with Crippen molar-refractivity contribution in [1.82, 2.24) is 9.47 Å². The van der Waals surface area contributed by atoms with Crippen molar-refractivity contribution in [3.05, 3.63) is 69.1 Å². The van der Waals surface area contributed by atoms with Crippen LogP contribution in [0.1, 0.15) is 36.2 Å². The summed E-state index contributed by atoms with van der Waals surface area (Å²) < 4.78 is 7.38. The van der Waals surface area contributed by atoms with Gasteiger partial charge in [-0.2, -0.15) is 0 Å². The van der Waals surface area contributed by atoms with Crippen LogP contribution in [0.25, 0.3) is 21.9 Å². The lowest BCUT2D eigenvalue weighted by molar-refractivity contribution is -0.130. The fraction of sp³-hybridized carbons (Fsp3) is 0.296. The van der Waals surface area contributed by atoms with Gasteiger partial charge >= 0.3 is 5.97 Å².